The van der Waals surface area contributed by atoms with E-state index in [1.807, 2.05) is 11.8 Å². The zero-order valence-corrected chi connectivity index (χ0v) is 10.6. The van der Waals surface area contributed by atoms with Crippen LogP contribution in [0.25, 0.3) is 0 Å². The molecule has 1 rings (SSSR count). The average Bonchev–Trinajstić information content (AvgIpc) is 2.29. The standard InChI is InChI=1S/C12H22N2O3/c1-3-17-12(16)9(2)8-14-7-5-4-6-10(14)11(13)15/h9-10H,3-8H2,1-2H3,(H2,13,15). The number of hydrogen-bond donors (Lipinski definition) is 1. The number of ether oxygens (including phenoxy) is 1. The van der Waals surface area contributed by atoms with Gasteiger partial charge in [0.1, 0.15) is 0 Å². The van der Waals surface area contributed by atoms with Gasteiger partial charge in [-0.05, 0) is 26.3 Å². The van der Waals surface area contributed by atoms with Gasteiger partial charge in [-0.15, -0.1) is 0 Å². The third-order valence-corrected chi connectivity index (χ3v) is 3.14. The molecular weight excluding hydrogens is 220 g/mol. The topological polar surface area (TPSA) is 72.6 Å². The van der Waals surface area contributed by atoms with Crippen LogP contribution in [0.2, 0.25) is 0 Å². The van der Waals surface area contributed by atoms with E-state index in [4.69, 9.17) is 10.5 Å². The van der Waals surface area contributed by atoms with Crippen LogP contribution in [0.4, 0.5) is 0 Å². The van der Waals surface area contributed by atoms with Gasteiger partial charge in [0, 0.05) is 6.54 Å². The number of esters is 1. The Balaban J connectivity index is 2.52. The number of likely N-dealkylation sites (tertiary alicyclic amines) is 1. The predicted octanol–water partition coefficient (Wildman–Crippen LogP) is 0.525. The molecule has 1 heterocycles. The van der Waals surface area contributed by atoms with Crippen molar-refractivity contribution in [3.05, 3.63) is 0 Å². The van der Waals surface area contributed by atoms with E-state index in [0.717, 1.165) is 25.8 Å². The third kappa shape index (κ3) is 4.00. The van der Waals surface area contributed by atoms with Crippen molar-refractivity contribution in [2.45, 2.75) is 39.2 Å². The highest BCUT2D eigenvalue weighted by atomic mass is 16.5. The van der Waals surface area contributed by atoms with Crippen LogP contribution in [0.3, 0.4) is 0 Å². The molecule has 0 radical (unpaired) electrons. The van der Waals surface area contributed by atoms with Crippen LogP contribution in [-0.4, -0.2) is 42.5 Å². The summed E-state index contributed by atoms with van der Waals surface area (Å²) in [5, 5.41) is 0. The first-order valence-corrected chi connectivity index (χ1v) is 6.26. The minimum Gasteiger partial charge on any atom is -0.466 e. The lowest BCUT2D eigenvalue weighted by Crippen LogP contribution is -2.49. The third-order valence-electron chi connectivity index (χ3n) is 3.14. The first-order valence-electron chi connectivity index (χ1n) is 6.26. The summed E-state index contributed by atoms with van der Waals surface area (Å²) in [4.78, 5) is 24.8. The van der Waals surface area contributed by atoms with Gasteiger partial charge in [0.15, 0.2) is 0 Å². The molecule has 0 aromatic heterocycles. The molecule has 2 unspecified atom stereocenters. The van der Waals surface area contributed by atoms with E-state index in [0.29, 0.717) is 13.2 Å². The van der Waals surface area contributed by atoms with Crippen molar-refractivity contribution >= 4 is 11.9 Å². The number of carbonyl (C=O) groups excluding carboxylic acids is 2. The Kier molecular flexibility index (Phi) is 5.41. The van der Waals surface area contributed by atoms with Crippen molar-refractivity contribution in [1.82, 2.24) is 4.90 Å². The van der Waals surface area contributed by atoms with E-state index in [1.54, 1.807) is 6.92 Å². The normalized spacial score (nSPS) is 23.1. The Hall–Kier alpha value is -1.10. The number of hydrogen-bond acceptors (Lipinski definition) is 4. The number of nitrogens with two attached hydrogens (primary N) is 1. The van der Waals surface area contributed by atoms with E-state index >= 15 is 0 Å². The van der Waals surface area contributed by atoms with Gasteiger partial charge in [-0.1, -0.05) is 13.3 Å². The minimum atomic E-state index is -0.291. The van der Waals surface area contributed by atoms with Crippen LogP contribution in [0.1, 0.15) is 33.1 Å². The largest absolute Gasteiger partial charge is 0.466 e. The maximum absolute atomic E-state index is 11.5. The van der Waals surface area contributed by atoms with Crippen LogP contribution < -0.4 is 5.73 Å². The summed E-state index contributed by atoms with van der Waals surface area (Å²) in [6.45, 7) is 5.38. The summed E-state index contributed by atoms with van der Waals surface area (Å²) in [5.74, 6) is -0.711. The maximum Gasteiger partial charge on any atom is 0.309 e. The first-order chi connectivity index (χ1) is 8.06. The van der Waals surface area contributed by atoms with Crippen LogP contribution in [0, 0.1) is 5.92 Å². The second-order valence-electron chi connectivity index (χ2n) is 4.56. The summed E-state index contributed by atoms with van der Waals surface area (Å²) in [7, 11) is 0. The summed E-state index contributed by atoms with van der Waals surface area (Å²) in [6, 6.07) is -0.222. The minimum absolute atomic E-state index is 0.207. The number of rotatable bonds is 5. The molecule has 1 saturated heterocycles. The van der Waals surface area contributed by atoms with Crippen molar-refractivity contribution < 1.29 is 14.3 Å². The molecule has 0 aliphatic carbocycles. The predicted molar refractivity (Wildman–Crippen MR) is 64.2 cm³/mol. The van der Waals surface area contributed by atoms with Crippen molar-refractivity contribution in [3.63, 3.8) is 0 Å². The Morgan fingerprint density at radius 3 is 2.76 bits per heavy atom. The summed E-state index contributed by atoms with van der Waals surface area (Å²) < 4.78 is 4.96. The highest BCUT2D eigenvalue weighted by Crippen LogP contribution is 2.18. The highest BCUT2D eigenvalue weighted by molar-refractivity contribution is 5.80. The number of amides is 1. The van der Waals surface area contributed by atoms with E-state index < -0.39 is 0 Å². The number of nitrogens with zero attached hydrogens (tertiary/aromatic N) is 1. The molecule has 2 N–H and O–H groups in total. The van der Waals surface area contributed by atoms with E-state index in [9.17, 15) is 9.59 Å². The molecule has 5 heteroatoms. The molecule has 1 aliphatic rings. The molecule has 0 saturated carbocycles. The Labute approximate surface area is 102 Å². The fraction of sp³-hybridized carbons (Fsp3) is 0.833. The van der Waals surface area contributed by atoms with E-state index in [-0.39, 0.29) is 23.8 Å². The van der Waals surface area contributed by atoms with Gasteiger partial charge in [0.25, 0.3) is 0 Å². The van der Waals surface area contributed by atoms with Crippen LogP contribution in [-0.2, 0) is 14.3 Å². The monoisotopic (exact) mass is 242 g/mol. The maximum atomic E-state index is 11.5. The Morgan fingerprint density at radius 1 is 1.47 bits per heavy atom. The van der Waals surface area contributed by atoms with Crippen LogP contribution >= 0.6 is 0 Å². The molecule has 0 bridgehead atoms. The summed E-state index contributed by atoms with van der Waals surface area (Å²) in [5.41, 5.74) is 5.37. The van der Waals surface area contributed by atoms with Crippen molar-refractivity contribution in [2.24, 2.45) is 11.7 Å². The molecule has 17 heavy (non-hydrogen) atoms. The SMILES string of the molecule is CCOC(=O)C(C)CN1CCCCC1C(N)=O. The Morgan fingerprint density at radius 2 is 2.18 bits per heavy atom. The fourth-order valence-corrected chi connectivity index (χ4v) is 2.24. The molecule has 1 amide bonds. The van der Waals surface area contributed by atoms with Gasteiger partial charge in [-0.25, -0.2) is 0 Å². The molecular formula is C12H22N2O3. The Bertz CT molecular complexity index is 281. The van der Waals surface area contributed by atoms with Crippen LogP contribution in [0.5, 0.6) is 0 Å². The molecule has 1 fully saturated rings. The van der Waals surface area contributed by atoms with Crippen LogP contribution in [0.15, 0.2) is 0 Å². The molecule has 98 valence electrons. The van der Waals surface area contributed by atoms with Crippen molar-refractivity contribution in [3.8, 4) is 0 Å². The second kappa shape index (κ2) is 6.59. The fourth-order valence-electron chi connectivity index (χ4n) is 2.24. The molecule has 2 atom stereocenters. The van der Waals surface area contributed by atoms with Gasteiger partial charge in [0.2, 0.25) is 5.91 Å². The quantitative estimate of drug-likeness (QED) is 0.714. The van der Waals surface area contributed by atoms with Gasteiger partial charge >= 0.3 is 5.97 Å². The molecule has 0 aromatic carbocycles. The summed E-state index contributed by atoms with van der Waals surface area (Å²) >= 11 is 0. The molecule has 5 nitrogen and oxygen atoms in total. The lowest BCUT2D eigenvalue weighted by molar-refractivity contribution is -0.149. The first kappa shape index (κ1) is 14.0. The highest BCUT2D eigenvalue weighted by Gasteiger charge is 2.29. The molecule has 0 spiro atoms. The number of carbonyl (C=O) groups is 2. The zero-order valence-electron chi connectivity index (χ0n) is 10.6. The zero-order chi connectivity index (χ0) is 12.8. The molecule has 1 aliphatic heterocycles. The van der Waals surface area contributed by atoms with Crippen molar-refractivity contribution in [1.29, 1.82) is 0 Å². The van der Waals surface area contributed by atoms with E-state index in [2.05, 4.69) is 0 Å². The van der Waals surface area contributed by atoms with Crippen molar-refractivity contribution in [2.75, 3.05) is 19.7 Å². The second-order valence-corrected chi connectivity index (χ2v) is 4.56. The lowest BCUT2D eigenvalue weighted by Gasteiger charge is -2.34. The number of piperidine rings is 1. The van der Waals surface area contributed by atoms with Gasteiger partial charge in [0.05, 0.1) is 18.6 Å². The number of primary amides is 1. The van der Waals surface area contributed by atoms with Gasteiger partial charge in [-0.2, -0.15) is 0 Å². The summed E-state index contributed by atoms with van der Waals surface area (Å²) in [6.07, 6.45) is 2.88. The van der Waals surface area contributed by atoms with Gasteiger partial charge < -0.3 is 10.5 Å². The van der Waals surface area contributed by atoms with E-state index in [1.165, 1.54) is 0 Å². The molecule has 0 aromatic rings. The smallest absolute Gasteiger partial charge is 0.309 e. The lowest BCUT2D eigenvalue weighted by atomic mass is 10.00. The van der Waals surface area contributed by atoms with Gasteiger partial charge in [-0.3, -0.25) is 14.5 Å². The average molecular weight is 242 g/mol.